The van der Waals surface area contributed by atoms with Crippen molar-refractivity contribution in [2.45, 2.75) is 71.0 Å². The zero-order valence-corrected chi connectivity index (χ0v) is 17.5. The number of likely N-dealkylation sites (tertiary alicyclic amines) is 1. The van der Waals surface area contributed by atoms with Crippen LogP contribution in [-0.2, 0) is 4.79 Å². The molecule has 1 aliphatic heterocycles. The first-order valence-corrected chi connectivity index (χ1v) is 10.9. The van der Waals surface area contributed by atoms with Gasteiger partial charge in [0.25, 0.3) is 5.91 Å². The van der Waals surface area contributed by atoms with Crippen molar-refractivity contribution in [2.75, 3.05) is 13.1 Å². The summed E-state index contributed by atoms with van der Waals surface area (Å²) in [5.74, 6) is 1.37. The van der Waals surface area contributed by atoms with Gasteiger partial charge in [-0.15, -0.1) is 0 Å². The van der Waals surface area contributed by atoms with Gasteiger partial charge in [-0.25, -0.2) is 0 Å². The Labute approximate surface area is 169 Å². The standard InChI is InChI=1S/C23H35N3O2/c1-16-8-7-11-21(17(16)2)25-22(27)18(3)26-14-12-20(13-15-26)24-23(28)19-9-5-4-6-10-19/h4-6,9-10,16-18,20-21H,7-8,11-15H2,1-3H3,(H,24,28)(H,25,27). The molecule has 1 aliphatic carbocycles. The van der Waals surface area contributed by atoms with E-state index < -0.39 is 0 Å². The maximum absolute atomic E-state index is 12.8. The number of hydrogen-bond donors (Lipinski definition) is 2. The molecule has 1 saturated carbocycles. The maximum Gasteiger partial charge on any atom is 0.251 e. The molecule has 5 nitrogen and oxygen atoms in total. The minimum absolute atomic E-state index is 0.00903. The van der Waals surface area contributed by atoms with E-state index in [2.05, 4.69) is 29.4 Å². The van der Waals surface area contributed by atoms with E-state index in [1.165, 1.54) is 12.8 Å². The van der Waals surface area contributed by atoms with Crippen LogP contribution in [0.4, 0.5) is 0 Å². The first kappa shape index (κ1) is 20.8. The molecule has 4 atom stereocenters. The zero-order valence-electron chi connectivity index (χ0n) is 17.5. The third-order valence-electron chi connectivity index (χ3n) is 6.86. The topological polar surface area (TPSA) is 61.4 Å². The molecule has 4 unspecified atom stereocenters. The summed E-state index contributed by atoms with van der Waals surface area (Å²) in [6, 6.07) is 9.72. The molecule has 154 valence electrons. The number of nitrogens with one attached hydrogen (secondary N) is 2. The van der Waals surface area contributed by atoms with Gasteiger partial charge in [0.05, 0.1) is 6.04 Å². The summed E-state index contributed by atoms with van der Waals surface area (Å²) < 4.78 is 0. The van der Waals surface area contributed by atoms with E-state index in [1.807, 2.05) is 37.3 Å². The van der Waals surface area contributed by atoms with Crippen LogP contribution >= 0.6 is 0 Å². The van der Waals surface area contributed by atoms with Gasteiger partial charge in [-0.05, 0) is 50.2 Å². The van der Waals surface area contributed by atoms with Crippen LogP contribution < -0.4 is 10.6 Å². The fourth-order valence-corrected chi connectivity index (χ4v) is 4.54. The van der Waals surface area contributed by atoms with Gasteiger partial charge in [0.2, 0.25) is 5.91 Å². The van der Waals surface area contributed by atoms with Crippen molar-refractivity contribution in [3.05, 3.63) is 35.9 Å². The lowest BCUT2D eigenvalue weighted by molar-refractivity contribution is -0.127. The number of nitrogens with zero attached hydrogens (tertiary/aromatic N) is 1. The highest BCUT2D eigenvalue weighted by Crippen LogP contribution is 2.29. The molecular formula is C23H35N3O2. The van der Waals surface area contributed by atoms with E-state index in [4.69, 9.17) is 0 Å². The molecule has 1 saturated heterocycles. The fraction of sp³-hybridized carbons (Fsp3) is 0.652. The minimum atomic E-state index is -0.116. The van der Waals surface area contributed by atoms with E-state index in [-0.39, 0.29) is 23.9 Å². The molecule has 0 bridgehead atoms. The molecule has 0 radical (unpaired) electrons. The van der Waals surface area contributed by atoms with Crippen molar-refractivity contribution in [2.24, 2.45) is 11.8 Å². The molecule has 2 amide bonds. The van der Waals surface area contributed by atoms with Crippen LogP contribution in [-0.4, -0.2) is 47.9 Å². The summed E-state index contributed by atoms with van der Waals surface area (Å²) in [6.07, 6.45) is 5.33. The lowest BCUT2D eigenvalue weighted by Gasteiger charge is -2.38. The SMILES string of the molecule is CC1CCCC(NC(=O)C(C)N2CCC(NC(=O)c3ccccc3)CC2)C1C. The van der Waals surface area contributed by atoms with Gasteiger partial charge in [-0.2, -0.15) is 0 Å². The van der Waals surface area contributed by atoms with Gasteiger partial charge in [0, 0.05) is 30.7 Å². The van der Waals surface area contributed by atoms with E-state index in [0.717, 1.165) is 32.4 Å². The Morgan fingerprint density at radius 2 is 1.68 bits per heavy atom. The van der Waals surface area contributed by atoms with Crippen LogP contribution in [0, 0.1) is 11.8 Å². The van der Waals surface area contributed by atoms with E-state index in [9.17, 15) is 9.59 Å². The summed E-state index contributed by atoms with van der Waals surface area (Å²) in [5.41, 5.74) is 0.702. The average Bonchev–Trinajstić information content (AvgIpc) is 2.72. The highest BCUT2D eigenvalue weighted by Gasteiger charge is 2.32. The zero-order chi connectivity index (χ0) is 20.1. The van der Waals surface area contributed by atoms with Crippen molar-refractivity contribution in [3.63, 3.8) is 0 Å². The number of piperidine rings is 1. The highest BCUT2D eigenvalue weighted by atomic mass is 16.2. The van der Waals surface area contributed by atoms with E-state index in [0.29, 0.717) is 23.4 Å². The number of rotatable bonds is 5. The molecule has 0 aromatic heterocycles. The molecule has 5 heteroatoms. The normalized spacial score (nSPS) is 27.8. The number of benzene rings is 1. The molecule has 1 aromatic rings. The van der Waals surface area contributed by atoms with Gasteiger partial charge in [0.15, 0.2) is 0 Å². The van der Waals surface area contributed by atoms with Crippen LogP contribution in [0.15, 0.2) is 30.3 Å². The average molecular weight is 386 g/mol. The fourth-order valence-electron chi connectivity index (χ4n) is 4.54. The molecule has 28 heavy (non-hydrogen) atoms. The van der Waals surface area contributed by atoms with Crippen molar-refractivity contribution in [3.8, 4) is 0 Å². The summed E-state index contributed by atoms with van der Waals surface area (Å²) >= 11 is 0. The van der Waals surface area contributed by atoms with Crippen molar-refractivity contribution >= 4 is 11.8 Å². The largest absolute Gasteiger partial charge is 0.352 e. The summed E-state index contributed by atoms with van der Waals surface area (Å²) in [5, 5.41) is 6.44. The van der Waals surface area contributed by atoms with Gasteiger partial charge in [0.1, 0.15) is 0 Å². The third kappa shape index (κ3) is 5.13. The second-order valence-corrected chi connectivity index (χ2v) is 8.71. The predicted molar refractivity (Wildman–Crippen MR) is 112 cm³/mol. The Bertz CT molecular complexity index is 655. The van der Waals surface area contributed by atoms with Gasteiger partial charge in [-0.1, -0.05) is 44.9 Å². The Kier molecular flexibility index (Phi) is 7.11. The van der Waals surface area contributed by atoms with Crippen molar-refractivity contribution in [1.29, 1.82) is 0 Å². The number of carbonyl (C=O) groups excluding carboxylic acids is 2. The lowest BCUT2D eigenvalue weighted by Crippen LogP contribution is -2.54. The number of hydrogen-bond acceptors (Lipinski definition) is 3. The molecule has 2 aliphatic rings. The summed E-state index contributed by atoms with van der Waals surface area (Å²) in [7, 11) is 0. The van der Waals surface area contributed by atoms with Gasteiger partial charge < -0.3 is 10.6 Å². The Morgan fingerprint density at radius 1 is 1.00 bits per heavy atom. The highest BCUT2D eigenvalue weighted by molar-refractivity contribution is 5.94. The monoisotopic (exact) mass is 385 g/mol. The van der Waals surface area contributed by atoms with Gasteiger partial charge >= 0.3 is 0 Å². The van der Waals surface area contributed by atoms with Crippen LogP contribution in [0.25, 0.3) is 0 Å². The maximum atomic E-state index is 12.8. The minimum Gasteiger partial charge on any atom is -0.352 e. The van der Waals surface area contributed by atoms with E-state index in [1.54, 1.807) is 0 Å². The second kappa shape index (κ2) is 9.55. The van der Waals surface area contributed by atoms with Crippen LogP contribution in [0.5, 0.6) is 0 Å². The summed E-state index contributed by atoms with van der Waals surface area (Å²) in [6.45, 7) is 8.24. The smallest absolute Gasteiger partial charge is 0.251 e. The molecule has 2 fully saturated rings. The molecular weight excluding hydrogens is 350 g/mol. The second-order valence-electron chi connectivity index (χ2n) is 8.71. The van der Waals surface area contributed by atoms with Crippen LogP contribution in [0.2, 0.25) is 0 Å². The Balaban J connectivity index is 1.45. The molecule has 2 N–H and O–H groups in total. The summed E-state index contributed by atoms with van der Waals surface area (Å²) in [4.78, 5) is 27.4. The van der Waals surface area contributed by atoms with Crippen LogP contribution in [0.1, 0.15) is 63.2 Å². The quantitative estimate of drug-likeness (QED) is 0.818. The first-order chi connectivity index (χ1) is 13.5. The Hall–Kier alpha value is -1.88. The molecule has 0 spiro atoms. The van der Waals surface area contributed by atoms with E-state index >= 15 is 0 Å². The molecule has 3 rings (SSSR count). The van der Waals surface area contributed by atoms with Crippen LogP contribution in [0.3, 0.4) is 0 Å². The predicted octanol–water partition coefficient (Wildman–Crippen LogP) is 3.21. The van der Waals surface area contributed by atoms with Gasteiger partial charge in [-0.3, -0.25) is 14.5 Å². The first-order valence-electron chi connectivity index (χ1n) is 10.9. The number of carbonyl (C=O) groups is 2. The molecule has 1 heterocycles. The number of amides is 2. The molecule has 1 aromatic carbocycles. The lowest BCUT2D eigenvalue weighted by atomic mass is 9.78. The third-order valence-corrected chi connectivity index (χ3v) is 6.86. The Morgan fingerprint density at radius 3 is 2.36 bits per heavy atom. The van der Waals surface area contributed by atoms with Crippen molar-refractivity contribution < 1.29 is 9.59 Å². The van der Waals surface area contributed by atoms with Crippen molar-refractivity contribution in [1.82, 2.24) is 15.5 Å².